The van der Waals surface area contributed by atoms with E-state index >= 15 is 0 Å². The monoisotopic (exact) mass is 312 g/mol. The zero-order valence-electron chi connectivity index (χ0n) is 13.4. The van der Waals surface area contributed by atoms with Gasteiger partial charge in [0.15, 0.2) is 0 Å². The van der Waals surface area contributed by atoms with Gasteiger partial charge < -0.3 is 10.7 Å². The highest BCUT2D eigenvalue weighted by Gasteiger charge is 2.33. The average molecular weight is 312 g/mol. The van der Waals surface area contributed by atoms with Crippen molar-refractivity contribution in [1.82, 2.24) is 14.9 Å². The number of rotatable bonds is 2. The standard InChI is InChI=1S/C18H24N4O/c19-17(23)13-8-5-9-14-16(13)21-18(20-14)15-10-4-7-12-6-2-1-3-11-22(12)15/h5,8-9,12,15H,1-4,6-7,10-11H2,(H2,19,23)(H,20,21). The topological polar surface area (TPSA) is 75.0 Å². The highest BCUT2D eigenvalue weighted by atomic mass is 16.1. The van der Waals surface area contributed by atoms with Gasteiger partial charge in [0.25, 0.3) is 5.91 Å². The summed E-state index contributed by atoms with van der Waals surface area (Å²) >= 11 is 0. The van der Waals surface area contributed by atoms with Crippen LogP contribution in [0.3, 0.4) is 0 Å². The number of imidazole rings is 1. The second kappa shape index (κ2) is 5.96. The van der Waals surface area contributed by atoms with Crippen LogP contribution in [0.1, 0.15) is 67.2 Å². The third kappa shape index (κ3) is 2.63. The number of piperidine rings is 1. The summed E-state index contributed by atoms with van der Waals surface area (Å²) in [5.41, 5.74) is 7.62. The number of nitrogens with zero attached hydrogens (tertiary/aromatic N) is 2. The highest BCUT2D eigenvalue weighted by molar-refractivity contribution is 6.04. The van der Waals surface area contributed by atoms with Crippen molar-refractivity contribution in [3.05, 3.63) is 29.6 Å². The second-order valence-electron chi connectivity index (χ2n) is 6.88. The fourth-order valence-corrected chi connectivity index (χ4v) is 4.33. The maximum Gasteiger partial charge on any atom is 0.250 e. The van der Waals surface area contributed by atoms with Crippen LogP contribution in [-0.4, -0.2) is 33.4 Å². The van der Waals surface area contributed by atoms with Gasteiger partial charge in [0.05, 0.1) is 17.1 Å². The molecule has 2 aromatic rings. The third-order valence-corrected chi connectivity index (χ3v) is 5.45. The molecule has 0 radical (unpaired) electrons. The summed E-state index contributed by atoms with van der Waals surface area (Å²) in [6.07, 6.45) is 8.98. The molecule has 0 bridgehead atoms. The largest absolute Gasteiger partial charge is 0.366 e. The molecule has 122 valence electrons. The number of aromatic amines is 1. The number of aromatic nitrogens is 2. The molecule has 4 rings (SSSR count). The van der Waals surface area contributed by atoms with E-state index in [2.05, 4.69) is 9.88 Å². The molecule has 2 aliphatic heterocycles. The van der Waals surface area contributed by atoms with Crippen LogP contribution >= 0.6 is 0 Å². The Morgan fingerprint density at radius 3 is 2.91 bits per heavy atom. The summed E-state index contributed by atoms with van der Waals surface area (Å²) in [4.78, 5) is 22.5. The molecule has 1 aromatic carbocycles. The first-order chi connectivity index (χ1) is 11.2. The number of H-pyrrole nitrogens is 1. The van der Waals surface area contributed by atoms with Crippen LogP contribution in [0.4, 0.5) is 0 Å². The SMILES string of the molecule is NC(=O)c1cccc2[nH]c(C3CCCC4CCCCCN43)nc12. The number of hydrogen-bond donors (Lipinski definition) is 2. The van der Waals surface area contributed by atoms with E-state index in [0.29, 0.717) is 23.2 Å². The molecular weight excluding hydrogens is 288 g/mol. The summed E-state index contributed by atoms with van der Waals surface area (Å²) in [7, 11) is 0. The fraction of sp³-hybridized carbons (Fsp3) is 0.556. The van der Waals surface area contributed by atoms with Crippen molar-refractivity contribution < 1.29 is 4.79 Å². The van der Waals surface area contributed by atoms with E-state index in [9.17, 15) is 4.79 Å². The van der Waals surface area contributed by atoms with Crippen molar-refractivity contribution in [1.29, 1.82) is 0 Å². The van der Waals surface area contributed by atoms with Crippen molar-refractivity contribution in [3.8, 4) is 0 Å². The van der Waals surface area contributed by atoms with E-state index in [0.717, 1.165) is 24.3 Å². The molecule has 2 atom stereocenters. The number of amides is 1. The summed E-state index contributed by atoms with van der Waals surface area (Å²) in [5, 5.41) is 0. The molecule has 5 heteroatoms. The summed E-state index contributed by atoms with van der Waals surface area (Å²) in [6, 6.07) is 6.63. The van der Waals surface area contributed by atoms with Gasteiger partial charge in [-0.1, -0.05) is 18.9 Å². The number of nitrogens with one attached hydrogen (secondary N) is 1. The first-order valence-electron chi connectivity index (χ1n) is 8.78. The predicted octanol–water partition coefficient (Wildman–Crippen LogP) is 3.13. The number of carbonyl (C=O) groups excluding carboxylic acids is 1. The lowest BCUT2D eigenvalue weighted by atomic mass is 9.93. The molecule has 2 saturated heterocycles. The average Bonchev–Trinajstić information content (AvgIpc) is 2.84. The lowest BCUT2D eigenvalue weighted by Crippen LogP contribution is -2.41. The van der Waals surface area contributed by atoms with Crippen molar-refractivity contribution in [2.24, 2.45) is 5.73 Å². The lowest BCUT2D eigenvalue weighted by Gasteiger charge is -2.40. The summed E-state index contributed by atoms with van der Waals surface area (Å²) in [6.45, 7) is 1.16. The third-order valence-electron chi connectivity index (χ3n) is 5.45. The number of para-hydroxylation sites is 1. The Hall–Kier alpha value is -1.88. The van der Waals surface area contributed by atoms with Gasteiger partial charge in [-0.3, -0.25) is 9.69 Å². The van der Waals surface area contributed by atoms with E-state index in [1.807, 2.05) is 12.1 Å². The van der Waals surface area contributed by atoms with Crippen LogP contribution in [0.15, 0.2) is 18.2 Å². The van der Waals surface area contributed by atoms with E-state index in [1.54, 1.807) is 6.07 Å². The summed E-state index contributed by atoms with van der Waals surface area (Å²) < 4.78 is 0. The predicted molar refractivity (Wildman–Crippen MR) is 90.2 cm³/mol. The molecule has 0 saturated carbocycles. The Balaban J connectivity index is 1.72. The maximum absolute atomic E-state index is 11.6. The van der Waals surface area contributed by atoms with Crippen LogP contribution in [-0.2, 0) is 0 Å². The minimum absolute atomic E-state index is 0.347. The van der Waals surface area contributed by atoms with Crippen LogP contribution in [0.5, 0.6) is 0 Å². The van der Waals surface area contributed by atoms with Gasteiger partial charge >= 0.3 is 0 Å². The number of hydrogen-bond acceptors (Lipinski definition) is 3. The molecule has 5 nitrogen and oxygen atoms in total. The first kappa shape index (κ1) is 14.7. The van der Waals surface area contributed by atoms with E-state index in [1.165, 1.54) is 38.5 Å². The van der Waals surface area contributed by atoms with Gasteiger partial charge in [-0.05, 0) is 50.8 Å². The second-order valence-corrected chi connectivity index (χ2v) is 6.88. The Bertz CT molecular complexity index is 723. The van der Waals surface area contributed by atoms with Gasteiger partial charge in [-0.15, -0.1) is 0 Å². The zero-order chi connectivity index (χ0) is 15.8. The maximum atomic E-state index is 11.6. The Morgan fingerprint density at radius 1 is 1.17 bits per heavy atom. The van der Waals surface area contributed by atoms with Crippen LogP contribution in [0, 0.1) is 0 Å². The molecule has 2 aliphatic rings. The zero-order valence-corrected chi connectivity index (χ0v) is 13.4. The van der Waals surface area contributed by atoms with Crippen LogP contribution in [0.2, 0.25) is 0 Å². The molecule has 0 spiro atoms. The molecule has 1 aromatic heterocycles. The van der Waals surface area contributed by atoms with Gasteiger partial charge in [-0.25, -0.2) is 4.98 Å². The molecule has 1 amide bonds. The van der Waals surface area contributed by atoms with Crippen LogP contribution in [0.25, 0.3) is 11.0 Å². The number of benzene rings is 1. The molecule has 2 fully saturated rings. The lowest BCUT2D eigenvalue weighted by molar-refractivity contribution is 0.0811. The van der Waals surface area contributed by atoms with Crippen LogP contribution < -0.4 is 5.73 Å². The molecule has 3 heterocycles. The quantitative estimate of drug-likeness (QED) is 0.894. The highest BCUT2D eigenvalue weighted by Crippen LogP contribution is 2.37. The van der Waals surface area contributed by atoms with E-state index in [4.69, 9.17) is 10.7 Å². The number of fused-ring (bicyclic) bond motifs is 2. The number of primary amides is 1. The minimum atomic E-state index is -0.412. The number of nitrogens with two attached hydrogens (primary N) is 1. The minimum Gasteiger partial charge on any atom is -0.366 e. The Morgan fingerprint density at radius 2 is 2.04 bits per heavy atom. The van der Waals surface area contributed by atoms with Crippen molar-refractivity contribution in [3.63, 3.8) is 0 Å². The Kier molecular flexibility index (Phi) is 3.81. The van der Waals surface area contributed by atoms with Crippen molar-refractivity contribution in [2.75, 3.05) is 6.54 Å². The summed E-state index contributed by atoms with van der Waals surface area (Å²) in [5.74, 6) is 0.588. The Labute approximate surface area is 136 Å². The normalized spacial score (nSPS) is 25.9. The first-order valence-corrected chi connectivity index (χ1v) is 8.78. The van der Waals surface area contributed by atoms with Gasteiger partial charge in [-0.2, -0.15) is 0 Å². The van der Waals surface area contributed by atoms with Gasteiger partial charge in [0.2, 0.25) is 0 Å². The smallest absolute Gasteiger partial charge is 0.250 e. The van der Waals surface area contributed by atoms with E-state index < -0.39 is 5.91 Å². The molecular formula is C18H24N4O. The van der Waals surface area contributed by atoms with Gasteiger partial charge in [0, 0.05) is 6.04 Å². The van der Waals surface area contributed by atoms with E-state index in [-0.39, 0.29) is 0 Å². The van der Waals surface area contributed by atoms with Gasteiger partial charge in [0.1, 0.15) is 11.3 Å². The van der Waals surface area contributed by atoms with Crippen molar-refractivity contribution >= 4 is 16.9 Å². The fourth-order valence-electron chi connectivity index (χ4n) is 4.33. The molecule has 2 unspecified atom stereocenters. The number of carbonyl (C=O) groups is 1. The molecule has 3 N–H and O–H groups in total. The molecule has 23 heavy (non-hydrogen) atoms. The van der Waals surface area contributed by atoms with Crippen molar-refractivity contribution in [2.45, 2.75) is 57.0 Å². The molecule has 0 aliphatic carbocycles.